The number of rotatable bonds is 4. The first-order valence-electron chi connectivity index (χ1n) is 5.19. The lowest BCUT2D eigenvalue weighted by atomic mass is 10.3. The highest BCUT2D eigenvalue weighted by Crippen LogP contribution is 2.17. The molecule has 4 heteroatoms. The number of hydrogen-bond donors (Lipinski definition) is 1. The van der Waals surface area contributed by atoms with E-state index in [0.717, 1.165) is 22.9 Å². The molecule has 0 amide bonds. The van der Waals surface area contributed by atoms with E-state index >= 15 is 0 Å². The monoisotopic (exact) mass is 234 g/mol. The van der Waals surface area contributed by atoms with Crippen LogP contribution in [0.5, 0.6) is 5.75 Å². The molecule has 0 bridgehead atoms. The molecule has 1 heterocycles. The van der Waals surface area contributed by atoms with Crippen LogP contribution in [0.25, 0.3) is 0 Å². The number of nitrogen functional groups attached to an aromatic ring is 1. The highest BCUT2D eigenvalue weighted by Gasteiger charge is 2.01. The molecule has 0 fully saturated rings. The van der Waals surface area contributed by atoms with E-state index in [9.17, 15) is 0 Å². The maximum Gasteiger partial charge on any atom is 0.131 e. The number of hydrogen-bond acceptors (Lipinski definition) is 4. The molecule has 0 aliphatic heterocycles. The average Bonchev–Trinajstić information content (AvgIpc) is 2.74. The highest BCUT2D eigenvalue weighted by atomic mass is 32.1. The fourth-order valence-electron chi connectivity index (χ4n) is 1.34. The molecule has 2 N–H and O–H groups in total. The number of aromatic nitrogens is 1. The SMILES string of the molecule is CCc1nc(COc2cccc(N)c2)cs1. The van der Waals surface area contributed by atoms with Crippen molar-refractivity contribution >= 4 is 17.0 Å². The largest absolute Gasteiger partial charge is 0.487 e. The summed E-state index contributed by atoms with van der Waals surface area (Å²) in [7, 11) is 0. The summed E-state index contributed by atoms with van der Waals surface area (Å²) >= 11 is 1.67. The van der Waals surface area contributed by atoms with Crippen molar-refractivity contribution in [3.63, 3.8) is 0 Å². The molecule has 0 unspecified atom stereocenters. The second-order valence-electron chi connectivity index (χ2n) is 3.45. The third-order valence-electron chi connectivity index (χ3n) is 2.15. The normalized spacial score (nSPS) is 10.3. The van der Waals surface area contributed by atoms with E-state index in [0.29, 0.717) is 12.3 Å². The zero-order valence-electron chi connectivity index (χ0n) is 9.14. The van der Waals surface area contributed by atoms with Crippen LogP contribution in [0, 0.1) is 0 Å². The van der Waals surface area contributed by atoms with Gasteiger partial charge in [-0.15, -0.1) is 11.3 Å². The Kier molecular flexibility index (Phi) is 3.41. The van der Waals surface area contributed by atoms with Crippen LogP contribution < -0.4 is 10.5 Å². The summed E-state index contributed by atoms with van der Waals surface area (Å²) in [5, 5.41) is 3.18. The van der Waals surface area contributed by atoms with Gasteiger partial charge >= 0.3 is 0 Å². The van der Waals surface area contributed by atoms with Gasteiger partial charge in [-0.2, -0.15) is 0 Å². The van der Waals surface area contributed by atoms with Gasteiger partial charge in [-0.25, -0.2) is 4.98 Å². The molecule has 1 aromatic carbocycles. The first-order chi connectivity index (χ1) is 7.78. The lowest BCUT2D eigenvalue weighted by Gasteiger charge is -2.04. The van der Waals surface area contributed by atoms with Gasteiger partial charge < -0.3 is 10.5 Å². The molecular formula is C12H14N2OS. The number of anilines is 1. The highest BCUT2D eigenvalue weighted by molar-refractivity contribution is 7.09. The fraction of sp³-hybridized carbons (Fsp3) is 0.250. The molecule has 2 aromatic rings. The topological polar surface area (TPSA) is 48.1 Å². The number of nitrogens with zero attached hydrogens (tertiary/aromatic N) is 1. The Hall–Kier alpha value is -1.55. The van der Waals surface area contributed by atoms with E-state index in [4.69, 9.17) is 10.5 Å². The van der Waals surface area contributed by atoms with Gasteiger partial charge in [0.05, 0.1) is 10.7 Å². The number of aryl methyl sites for hydroxylation is 1. The molecule has 0 atom stereocenters. The quantitative estimate of drug-likeness (QED) is 0.827. The molecule has 16 heavy (non-hydrogen) atoms. The molecule has 0 radical (unpaired) electrons. The number of ether oxygens (including phenoxy) is 1. The van der Waals surface area contributed by atoms with Gasteiger partial charge in [-0.05, 0) is 18.6 Å². The molecule has 3 nitrogen and oxygen atoms in total. The van der Waals surface area contributed by atoms with Crippen LogP contribution in [0.2, 0.25) is 0 Å². The maximum absolute atomic E-state index is 5.66. The fourth-order valence-corrected chi connectivity index (χ4v) is 2.07. The standard InChI is InChI=1S/C12H14N2OS/c1-2-12-14-10(8-16-12)7-15-11-5-3-4-9(13)6-11/h3-6,8H,2,7,13H2,1H3. The minimum atomic E-state index is 0.500. The molecular weight excluding hydrogens is 220 g/mol. The predicted molar refractivity (Wildman–Crippen MR) is 66.7 cm³/mol. The number of benzene rings is 1. The Morgan fingerprint density at radius 1 is 1.44 bits per heavy atom. The summed E-state index contributed by atoms with van der Waals surface area (Å²) in [4.78, 5) is 4.43. The third-order valence-corrected chi connectivity index (χ3v) is 3.19. The smallest absolute Gasteiger partial charge is 0.131 e. The van der Waals surface area contributed by atoms with E-state index < -0.39 is 0 Å². The van der Waals surface area contributed by atoms with Gasteiger partial charge in [0.25, 0.3) is 0 Å². The van der Waals surface area contributed by atoms with Crippen LogP contribution in [0.4, 0.5) is 5.69 Å². The lowest BCUT2D eigenvalue weighted by molar-refractivity contribution is 0.302. The Morgan fingerprint density at radius 3 is 3.00 bits per heavy atom. The van der Waals surface area contributed by atoms with E-state index in [1.807, 2.05) is 29.6 Å². The van der Waals surface area contributed by atoms with E-state index in [1.165, 1.54) is 0 Å². The van der Waals surface area contributed by atoms with Crippen molar-refractivity contribution in [1.29, 1.82) is 0 Å². The van der Waals surface area contributed by atoms with Crippen molar-refractivity contribution < 1.29 is 4.74 Å². The van der Waals surface area contributed by atoms with Crippen LogP contribution in [0.1, 0.15) is 17.6 Å². The molecule has 0 spiro atoms. The molecule has 1 aromatic heterocycles. The molecule has 0 saturated heterocycles. The predicted octanol–water partition coefficient (Wildman–Crippen LogP) is 2.87. The average molecular weight is 234 g/mol. The zero-order valence-corrected chi connectivity index (χ0v) is 9.96. The van der Waals surface area contributed by atoms with Crippen LogP contribution in [0.15, 0.2) is 29.6 Å². The van der Waals surface area contributed by atoms with Crippen LogP contribution in [-0.4, -0.2) is 4.98 Å². The minimum absolute atomic E-state index is 0.500. The summed E-state index contributed by atoms with van der Waals surface area (Å²) in [5.74, 6) is 0.783. The van der Waals surface area contributed by atoms with Crippen LogP contribution in [-0.2, 0) is 13.0 Å². The molecule has 0 saturated carbocycles. The van der Waals surface area contributed by atoms with Gasteiger partial charge in [0.15, 0.2) is 0 Å². The van der Waals surface area contributed by atoms with Crippen molar-refractivity contribution in [2.24, 2.45) is 0 Å². The van der Waals surface area contributed by atoms with Crippen molar-refractivity contribution in [2.75, 3.05) is 5.73 Å². The first-order valence-corrected chi connectivity index (χ1v) is 6.07. The number of thiazole rings is 1. The number of nitrogens with two attached hydrogens (primary N) is 1. The Labute approximate surface area is 98.9 Å². The van der Waals surface area contributed by atoms with Gasteiger partial charge in [0.1, 0.15) is 12.4 Å². The van der Waals surface area contributed by atoms with Crippen molar-refractivity contribution in [3.8, 4) is 5.75 Å². The second-order valence-corrected chi connectivity index (χ2v) is 4.39. The third kappa shape index (κ3) is 2.73. The molecule has 0 aliphatic rings. The maximum atomic E-state index is 5.66. The van der Waals surface area contributed by atoms with Crippen LogP contribution >= 0.6 is 11.3 Å². The summed E-state index contributed by atoms with van der Waals surface area (Å²) < 4.78 is 5.59. The van der Waals surface area contributed by atoms with Crippen molar-refractivity contribution in [3.05, 3.63) is 40.3 Å². The summed E-state index contributed by atoms with van der Waals surface area (Å²) in [6.45, 7) is 2.60. The second kappa shape index (κ2) is 4.99. The van der Waals surface area contributed by atoms with Crippen LogP contribution in [0.3, 0.4) is 0 Å². The minimum Gasteiger partial charge on any atom is -0.487 e. The van der Waals surface area contributed by atoms with Crippen molar-refractivity contribution in [1.82, 2.24) is 4.98 Å². The van der Waals surface area contributed by atoms with E-state index in [-0.39, 0.29) is 0 Å². The molecule has 84 valence electrons. The van der Waals surface area contributed by atoms with Crippen molar-refractivity contribution in [2.45, 2.75) is 20.0 Å². The zero-order chi connectivity index (χ0) is 11.4. The van der Waals surface area contributed by atoms with Gasteiger partial charge in [-0.3, -0.25) is 0 Å². The van der Waals surface area contributed by atoms with E-state index in [1.54, 1.807) is 11.3 Å². The van der Waals surface area contributed by atoms with Gasteiger partial charge in [0, 0.05) is 17.1 Å². The Bertz CT molecular complexity index is 468. The van der Waals surface area contributed by atoms with E-state index in [2.05, 4.69) is 11.9 Å². The Morgan fingerprint density at radius 2 is 2.31 bits per heavy atom. The van der Waals surface area contributed by atoms with Gasteiger partial charge in [0.2, 0.25) is 0 Å². The summed E-state index contributed by atoms with van der Waals surface area (Å²) in [6, 6.07) is 7.42. The lowest BCUT2D eigenvalue weighted by Crippen LogP contribution is -1.96. The molecule has 0 aliphatic carbocycles. The first kappa shape index (κ1) is 11.0. The Balaban J connectivity index is 1.96. The summed E-state index contributed by atoms with van der Waals surface area (Å²) in [5.41, 5.74) is 7.35. The van der Waals surface area contributed by atoms with Gasteiger partial charge in [-0.1, -0.05) is 13.0 Å². The summed E-state index contributed by atoms with van der Waals surface area (Å²) in [6.07, 6.45) is 0.975. The molecule has 2 rings (SSSR count).